The van der Waals surface area contributed by atoms with Crippen LogP contribution >= 0.6 is 12.2 Å². The molecule has 1 aromatic carbocycles. The Hall–Kier alpha value is -3.72. The van der Waals surface area contributed by atoms with Crippen LogP contribution in [0.3, 0.4) is 0 Å². The summed E-state index contributed by atoms with van der Waals surface area (Å²) in [5.41, 5.74) is 5.17. The topological polar surface area (TPSA) is 73.0 Å². The lowest BCUT2D eigenvalue weighted by Gasteiger charge is -2.28. The van der Waals surface area contributed by atoms with E-state index in [1.807, 2.05) is 53.3 Å². The number of hydrogen-bond acceptors (Lipinski definition) is 5. The Morgan fingerprint density at radius 2 is 1.84 bits per heavy atom. The number of methoxy groups -OCH3 is 1. The van der Waals surface area contributed by atoms with Crippen molar-refractivity contribution >= 4 is 23.0 Å². The zero-order valence-corrected chi connectivity index (χ0v) is 18.8. The standard InChI is InChI=1S/C23H23N7OS/c1-15-11-19(16(2)30(15)28-13-25-26-14-28)22-21(20-9-4-5-10-24-20)27-23(32)29(22)17-7-6-8-18(12-17)31-3/h4-14,21-22H,1-3H3,(H,27,32)/t21-,22+/m1/s1. The lowest BCUT2D eigenvalue weighted by molar-refractivity contribution is 0.415. The van der Waals surface area contributed by atoms with Gasteiger partial charge in [-0.3, -0.25) is 9.66 Å². The highest BCUT2D eigenvalue weighted by Gasteiger charge is 2.42. The minimum Gasteiger partial charge on any atom is -0.497 e. The molecule has 32 heavy (non-hydrogen) atoms. The first-order valence-corrected chi connectivity index (χ1v) is 10.7. The van der Waals surface area contributed by atoms with Gasteiger partial charge in [0, 0.05) is 34.9 Å². The van der Waals surface area contributed by atoms with E-state index < -0.39 is 0 Å². The van der Waals surface area contributed by atoms with E-state index >= 15 is 0 Å². The van der Waals surface area contributed by atoms with Gasteiger partial charge in [-0.25, -0.2) is 4.68 Å². The minimum absolute atomic E-state index is 0.110. The molecule has 0 aliphatic carbocycles. The molecule has 3 aromatic heterocycles. The number of anilines is 1. The SMILES string of the molecule is COc1cccc(N2C(=S)N[C@H](c3ccccn3)[C@@H]2c2cc(C)n(-n3cnnc3)c2C)c1. The van der Waals surface area contributed by atoms with E-state index in [-0.39, 0.29) is 12.1 Å². The van der Waals surface area contributed by atoms with Crippen LogP contribution in [0, 0.1) is 13.8 Å². The molecular formula is C23H23N7OS. The molecule has 1 aliphatic heterocycles. The third-order valence-electron chi connectivity index (χ3n) is 5.82. The van der Waals surface area contributed by atoms with Crippen molar-refractivity contribution in [3.05, 3.63) is 90.0 Å². The van der Waals surface area contributed by atoms with Crippen molar-refractivity contribution in [1.29, 1.82) is 0 Å². The lowest BCUT2D eigenvalue weighted by Crippen LogP contribution is -2.29. The molecule has 0 amide bonds. The van der Waals surface area contributed by atoms with Gasteiger partial charge in [0.15, 0.2) is 5.11 Å². The van der Waals surface area contributed by atoms with Gasteiger partial charge in [-0.2, -0.15) is 0 Å². The first-order chi connectivity index (χ1) is 15.6. The maximum atomic E-state index is 5.83. The van der Waals surface area contributed by atoms with Crippen LogP contribution in [-0.2, 0) is 0 Å². The van der Waals surface area contributed by atoms with E-state index in [1.165, 1.54) is 0 Å². The number of pyridine rings is 1. The molecule has 5 rings (SSSR count). The smallest absolute Gasteiger partial charge is 0.174 e. The number of nitrogens with one attached hydrogen (secondary N) is 1. The molecule has 0 bridgehead atoms. The quantitative estimate of drug-likeness (QED) is 0.471. The van der Waals surface area contributed by atoms with Crippen molar-refractivity contribution in [2.24, 2.45) is 0 Å². The molecule has 4 heterocycles. The molecule has 0 saturated carbocycles. The molecule has 1 fully saturated rings. The summed E-state index contributed by atoms with van der Waals surface area (Å²) in [7, 11) is 1.67. The molecule has 1 aliphatic rings. The van der Waals surface area contributed by atoms with Crippen molar-refractivity contribution in [2.75, 3.05) is 12.0 Å². The first-order valence-electron chi connectivity index (χ1n) is 10.3. The molecule has 0 spiro atoms. The Morgan fingerprint density at radius 1 is 1.03 bits per heavy atom. The van der Waals surface area contributed by atoms with Crippen LogP contribution in [0.5, 0.6) is 5.75 Å². The fourth-order valence-corrected chi connectivity index (χ4v) is 4.79. The molecule has 0 radical (unpaired) electrons. The largest absolute Gasteiger partial charge is 0.497 e. The van der Waals surface area contributed by atoms with Crippen LogP contribution < -0.4 is 15.0 Å². The molecule has 2 atom stereocenters. The molecule has 4 aromatic rings. The predicted molar refractivity (Wildman–Crippen MR) is 126 cm³/mol. The van der Waals surface area contributed by atoms with Crippen LogP contribution in [0.1, 0.15) is 34.7 Å². The highest BCUT2D eigenvalue weighted by molar-refractivity contribution is 7.80. The first kappa shape index (κ1) is 20.2. The van der Waals surface area contributed by atoms with E-state index in [2.05, 4.69) is 50.0 Å². The lowest BCUT2D eigenvalue weighted by atomic mass is 9.96. The van der Waals surface area contributed by atoms with E-state index in [9.17, 15) is 0 Å². The van der Waals surface area contributed by atoms with Crippen molar-refractivity contribution in [1.82, 2.24) is 29.9 Å². The summed E-state index contributed by atoms with van der Waals surface area (Å²) in [6.07, 6.45) is 5.19. The Bertz CT molecular complexity index is 1250. The summed E-state index contributed by atoms with van der Waals surface area (Å²) in [5.74, 6) is 0.778. The van der Waals surface area contributed by atoms with Gasteiger partial charge in [-0.1, -0.05) is 12.1 Å². The number of nitrogens with zero attached hydrogens (tertiary/aromatic N) is 6. The zero-order valence-electron chi connectivity index (χ0n) is 18.0. The molecule has 1 N–H and O–H groups in total. The Balaban J connectivity index is 1.68. The van der Waals surface area contributed by atoms with Gasteiger partial charge in [-0.05, 0) is 56.4 Å². The zero-order chi connectivity index (χ0) is 22.2. The van der Waals surface area contributed by atoms with Gasteiger partial charge < -0.3 is 15.0 Å². The van der Waals surface area contributed by atoms with Crippen LogP contribution in [-0.4, -0.2) is 36.8 Å². The number of aryl methyl sites for hydroxylation is 1. The summed E-state index contributed by atoms with van der Waals surface area (Å²) >= 11 is 5.83. The van der Waals surface area contributed by atoms with Crippen LogP contribution in [0.2, 0.25) is 0 Å². The van der Waals surface area contributed by atoms with Gasteiger partial charge in [0.1, 0.15) is 18.4 Å². The molecular weight excluding hydrogens is 422 g/mol. The summed E-state index contributed by atoms with van der Waals surface area (Å²) in [4.78, 5) is 6.78. The van der Waals surface area contributed by atoms with Crippen LogP contribution in [0.25, 0.3) is 0 Å². The van der Waals surface area contributed by atoms with Gasteiger partial charge in [-0.15, -0.1) is 10.2 Å². The van der Waals surface area contributed by atoms with Crippen molar-refractivity contribution in [2.45, 2.75) is 25.9 Å². The predicted octanol–water partition coefficient (Wildman–Crippen LogP) is 3.59. The fraction of sp³-hybridized carbons (Fsp3) is 0.217. The summed E-state index contributed by atoms with van der Waals surface area (Å²) in [6, 6.07) is 15.9. The van der Waals surface area contributed by atoms with E-state index in [4.69, 9.17) is 17.0 Å². The molecule has 8 nitrogen and oxygen atoms in total. The fourth-order valence-electron chi connectivity index (χ4n) is 4.44. The second-order valence-electron chi connectivity index (χ2n) is 7.68. The van der Waals surface area contributed by atoms with Crippen molar-refractivity contribution < 1.29 is 4.74 Å². The molecule has 162 valence electrons. The van der Waals surface area contributed by atoms with Crippen molar-refractivity contribution in [3.63, 3.8) is 0 Å². The summed E-state index contributed by atoms with van der Waals surface area (Å²) in [6.45, 7) is 4.17. The number of hydrogen-bond donors (Lipinski definition) is 1. The van der Waals surface area contributed by atoms with Crippen molar-refractivity contribution in [3.8, 4) is 5.75 Å². The van der Waals surface area contributed by atoms with Gasteiger partial charge in [0.25, 0.3) is 0 Å². The second kappa shape index (κ2) is 8.08. The Kier molecular flexibility index (Phi) is 5.10. The Morgan fingerprint density at radius 3 is 2.56 bits per heavy atom. The van der Waals surface area contributed by atoms with Crippen LogP contribution in [0.4, 0.5) is 5.69 Å². The molecule has 1 saturated heterocycles. The van der Waals surface area contributed by atoms with Gasteiger partial charge in [0.2, 0.25) is 0 Å². The number of benzene rings is 1. The minimum atomic E-state index is -0.121. The van der Waals surface area contributed by atoms with E-state index in [0.717, 1.165) is 34.1 Å². The summed E-state index contributed by atoms with van der Waals surface area (Å²) < 4.78 is 9.44. The average Bonchev–Trinajstić information content (AvgIpc) is 3.52. The van der Waals surface area contributed by atoms with E-state index in [0.29, 0.717) is 5.11 Å². The van der Waals surface area contributed by atoms with Gasteiger partial charge in [0.05, 0.1) is 24.9 Å². The summed E-state index contributed by atoms with van der Waals surface area (Å²) in [5, 5.41) is 12.1. The molecule has 9 heteroatoms. The maximum absolute atomic E-state index is 5.83. The number of rotatable bonds is 5. The second-order valence-corrected chi connectivity index (χ2v) is 8.06. The highest BCUT2D eigenvalue weighted by atomic mass is 32.1. The number of thiocarbonyl (C=S) groups is 1. The monoisotopic (exact) mass is 445 g/mol. The number of ether oxygens (including phenoxy) is 1. The van der Waals surface area contributed by atoms with E-state index in [1.54, 1.807) is 19.8 Å². The third-order valence-corrected chi connectivity index (χ3v) is 6.13. The highest BCUT2D eigenvalue weighted by Crippen LogP contribution is 2.43. The number of aromatic nitrogens is 5. The molecule has 0 unspecified atom stereocenters. The third kappa shape index (κ3) is 3.31. The average molecular weight is 446 g/mol. The Labute approximate surface area is 191 Å². The van der Waals surface area contributed by atoms with Gasteiger partial charge >= 0.3 is 0 Å². The normalized spacial score (nSPS) is 18.1. The maximum Gasteiger partial charge on any atom is 0.174 e. The van der Waals surface area contributed by atoms with Crippen LogP contribution in [0.15, 0.2) is 67.4 Å².